The molecule has 0 saturated heterocycles. The van der Waals surface area contributed by atoms with E-state index in [1.165, 1.54) is 201 Å². The maximum atomic E-state index is 17.3. The summed E-state index contributed by atoms with van der Waals surface area (Å²) >= 11 is 0. The van der Waals surface area contributed by atoms with Gasteiger partial charge in [-0.05, 0) is 114 Å². The maximum Gasteiger partial charge on any atom is 0.134 e. The van der Waals surface area contributed by atoms with Crippen LogP contribution in [-0.2, 0) is 32.1 Å². The Morgan fingerprint density at radius 2 is 0.903 bits per heavy atom. The summed E-state index contributed by atoms with van der Waals surface area (Å²) in [4.78, 5) is 0. The molecule has 0 aromatic heterocycles. The number of halogens is 1. The lowest BCUT2D eigenvalue weighted by Gasteiger charge is -2.28. The molecule has 0 radical (unpaired) electrons. The monoisotopic (exact) mass is 851 g/mol. The zero-order valence-corrected chi connectivity index (χ0v) is 42.3. The van der Waals surface area contributed by atoms with Crippen LogP contribution in [0.15, 0.2) is 54.6 Å². The Balaban J connectivity index is 1.65. The van der Waals surface area contributed by atoms with Crippen molar-refractivity contribution in [2.75, 3.05) is 0 Å². The van der Waals surface area contributed by atoms with E-state index in [0.717, 1.165) is 42.7 Å². The van der Waals surface area contributed by atoms with Gasteiger partial charge >= 0.3 is 0 Å². The van der Waals surface area contributed by atoms with E-state index in [1.54, 1.807) is 5.56 Å². The molecule has 0 aliphatic rings. The third-order valence-electron chi connectivity index (χ3n) is 14.7. The second kappa shape index (κ2) is 33.1. The fourth-order valence-electron chi connectivity index (χ4n) is 10.5. The molecular formula is C61H99F. The first kappa shape index (κ1) is 53.9. The number of rotatable bonds is 37. The highest BCUT2D eigenvalue weighted by Gasteiger charge is 2.26. The molecule has 0 N–H and O–H groups in total. The normalized spacial score (nSPS) is 13.7. The Morgan fingerprint density at radius 3 is 1.50 bits per heavy atom. The summed E-state index contributed by atoms with van der Waals surface area (Å²) in [6.07, 6.45) is 39.1. The van der Waals surface area contributed by atoms with E-state index in [9.17, 15) is 0 Å². The lowest BCUT2D eigenvalue weighted by atomic mass is 9.77. The van der Waals surface area contributed by atoms with Crippen LogP contribution < -0.4 is 0 Å². The first-order valence-electron chi connectivity index (χ1n) is 27.3. The molecule has 1 heteroatoms. The number of aryl methyl sites for hydroxylation is 3. The fraction of sp³-hybridized carbons (Fsp3) is 0.705. The van der Waals surface area contributed by atoms with Crippen molar-refractivity contribution in [3.05, 3.63) is 93.8 Å². The topological polar surface area (TPSA) is 0 Å². The van der Waals surface area contributed by atoms with Gasteiger partial charge in [-0.1, -0.05) is 258 Å². The summed E-state index contributed by atoms with van der Waals surface area (Å²) in [5.74, 6) is 2.54. The fourth-order valence-corrected chi connectivity index (χ4v) is 10.5. The van der Waals surface area contributed by atoms with Gasteiger partial charge in [0.2, 0.25) is 0 Å². The molecule has 0 aliphatic carbocycles. The van der Waals surface area contributed by atoms with Crippen LogP contribution in [0.3, 0.4) is 0 Å². The first-order chi connectivity index (χ1) is 30.3. The predicted molar refractivity (Wildman–Crippen MR) is 275 cm³/mol. The van der Waals surface area contributed by atoms with Gasteiger partial charge in [-0.15, -0.1) is 0 Å². The van der Waals surface area contributed by atoms with E-state index in [4.69, 9.17) is 0 Å². The molecule has 0 saturated carbocycles. The van der Waals surface area contributed by atoms with Gasteiger partial charge in [0.05, 0.1) is 0 Å². The minimum atomic E-state index is 0.0826. The van der Waals surface area contributed by atoms with Crippen molar-refractivity contribution in [2.24, 2.45) is 17.8 Å². The van der Waals surface area contributed by atoms with E-state index in [2.05, 4.69) is 110 Å². The molecule has 4 atom stereocenters. The van der Waals surface area contributed by atoms with Gasteiger partial charge in [0.1, 0.15) is 5.82 Å². The molecule has 3 aromatic carbocycles. The van der Waals surface area contributed by atoms with Crippen molar-refractivity contribution in [3.63, 3.8) is 0 Å². The van der Waals surface area contributed by atoms with Crippen LogP contribution in [-0.4, -0.2) is 0 Å². The third-order valence-corrected chi connectivity index (χ3v) is 14.7. The summed E-state index contributed by atoms with van der Waals surface area (Å²) in [6, 6.07) is 21.3. The summed E-state index contributed by atoms with van der Waals surface area (Å²) < 4.78 is 17.3. The van der Waals surface area contributed by atoms with Crippen LogP contribution in [0.5, 0.6) is 0 Å². The summed E-state index contributed by atoms with van der Waals surface area (Å²) in [7, 11) is 0. The van der Waals surface area contributed by atoms with Gasteiger partial charge in [0.15, 0.2) is 0 Å². The highest BCUT2D eigenvalue weighted by molar-refractivity contribution is 5.74. The molecular weight excluding hydrogens is 752 g/mol. The Hall–Kier alpha value is -2.41. The molecule has 0 aliphatic heterocycles. The van der Waals surface area contributed by atoms with Crippen LogP contribution >= 0.6 is 0 Å². The van der Waals surface area contributed by atoms with Crippen LogP contribution in [0.25, 0.3) is 11.1 Å². The zero-order chi connectivity index (χ0) is 44.8. The van der Waals surface area contributed by atoms with Crippen molar-refractivity contribution in [3.8, 4) is 11.1 Å². The molecule has 4 unspecified atom stereocenters. The zero-order valence-electron chi connectivity index (χ0n) is 42.3. The number of unbranched alkanes of at least 4 members (excludes halogenated alkanes) is 13. The number of hydrogen-bond acceptors (Lipinski definition) is 0. The van der Waals surface area contributed by atoms with Gasteiger partial charge in [0, 0.05) is 5.56 Å². The van der Waals surface area contributed by atoms with Crippen molar-refractivity contribution < 1.29 is 4.39 Å². The van der Waals surface area contributed by atoms with E-state index in [1.807, 2.05) is 0 Å². The smallest absolute Gasteiger partial charge is 0.134 e. The Morgan fingerprint density at radius 1 is 0.419 bits per heavy atom. The van der Waals surface area contributed by atoms with Crippen molar-refractivity contribution in [1.82, 2.24) is 0 Å². The van der Waals surface area contributed by atoms with Crippen LogP contribution in [0, 0.1) is 23.6 Å². The average Bonchev–Trinajstić information content (AvgIpc) is 3.28. The predicted octanol–water partition coefficient (Wildman–Crippen LogP) is 20.1. The lowest BCUT2D eigenvalue weighted by molar-refractivity contribution is 0.359. The highest BCUT2D eigenvalue weighted by atomic mass is 19.1. The molecule has 0 amide bonds. The quantitative estimate of drug-likeness (QED) is 0.0507. The van der Waals surface area contributed by atoms with E-state index >= 15 is 4.39 Å². The van der Waals surface area contributed by atoms with Crippen molar-refractivity contribution in [2.45, 2.75) is 260 Å². The lowest BCUT2D eigenvalue weighted by Crippen LogP contribution is -2.13. The Labute approximate surface area is 385 Å². The van der Waals surface area contributed by atoms with Crippen LogP contribution in [0.2, 0.25) is 0 Å². The maximum absolute atomic E-state index is 17.3. The van der Waals surface area contributed by atoms with Gasteiger partial charge in [0.25, 0.3) is 0 Å². The third kappa shape index (κ3) is 19.8. The largest absolute Gasteiger partial charge is 0.206 e. The highest BCUT2D eigenvalue weighted by Crippen LogP contribution is 2.42. The van der Waals surface area contributed by atoms with Gasteiger partial charge in [-0.2, -0.15) is 0 Å². The second-order valence-corrected chi connectivity index (χ2v) is 20.0. The second-order valence-electron chi connectivity index (χ2n) is 20.0. The Bertz CT molecular complexity index is 1550. The molecule has 350 valence electrons. The molecule has 3 rings (SSSR count). The van der Waals surface area contributed by atoms with Gasteiger partial charge < -0.3 is 0 Å². The minimum Gasteiger partial charge on any atom is -0.206 e. The molecule has 0 bridgehead atoms. The van der Waals surface area contributed by atoms with Gasteiger partial charge in [-0.25, -0.2) is 4.39 Å². The van der Waals surface area contributed by atoms with Crippen LogP contribution in [0.1, 0.15) is 262 Å². The van der Waals surface area contributed by atoms with E-state index in [-0.39, 0.29) is 5.82 Å². The summed E-state index contributed by atoms with van der Waals surface area (Å²) in [5, 5.41) is 0. The SMILES string of the molecule is CCCCCC(CCCCCCCCCC(CCCC)C(C)c1ccc(CC)cc1-c1c(CCC)ccc(CC(CCCC)CCCCC)c1F)Cc1ccc(CCCC)cc1. The van der Waals surface area contributed by atoms with Crippen LogP contribution in [0.4, 0.5) is 4.39 Å². The van der Waals surface area contributed by atoms with Crippen molar-refractivity contribution in [1.29, 1.82) is 0 Å². The molecule has 0 spiro atoms. The number of hydrogen-bond donors (Lipinski definition) is 0. The summed E-state index contributed by atoms with van der Waals surface area (Å²) in [5.41, 5.74) is 10.1. The standard InChI is InChI=1S/C61H99F/c1-9-16-26-33-52(46-54-40-38-51(39-41-54)31-18-11-3)35-28-24-22-21-23-25-29-37-55(36-20-13-5)49(8)58-45-42-50(15-7)48-59(58)60-56(30-14-6)43-44-57(61(60)62)47-53(32-19-12-4)34-27-17-10-2/h38-45,48-49,52-53,55H,9-37,46-47H2,1-8H3. The average molecular weight is 851 g/mol. The molecule has 0 fully saturated rings. The molecule has 0 nitrogen and oxygen atoms in total. The number of benzene rings is 3. The summed E-state index contributed by atoms with van der Waals surface area (Å²) in [6.45, 7) is 18.5. The minimum absolute atomic E-state index is 0.0826. The molecule has 0 heterocycles. The molecule has 3 aromatic rings. The van der Waals surface area contributed by atoms with Gasteiger partial charge in [-0.3, -0.25) is 0 Å². The van der Waals surface area contributed by atoms with Crippen molar-refractivity contribution >= 4 is 0 Å². The van der Waals surface area contributed by atoms with E-state index in [0.29, 0.717) is 17.8 Å². The van der Waals surface area contributed by atoms with E-state index < -0.39 is 0 Å². The Kier molecular flexibility index (Phi) is 28.8. The first-order valence-corrected chi connectivity index (χ1v) is 27.3. The molecule has 62 heavy (non-hydrogen) atoms.